The molecule has 0 bridgehead atoms. The van der Waals surface area contributed by atoms with Crippen LogP contribution in [-0.4, -0.2) is 20.2 Å². The van der Waals surface area contributed by atoms with Crippen molar-refractivity contribution in [3.63, 3.8) is 0 Å². The molecule has 0 aliphatic rings. The Kier molecular flexibility index (Phi) is 2.49. The zero-order valence-corrected chi connectivity index (χ0v) is 9.54. The maximum Gasteiger partial charge on any atom is 0.123 e. The van der Waals surface area contributed by atoms with Gasteiger partial charge in [0.25, 0.3) is 0 Å². The normalized spacial score (nSPS) is 10.4. The molecule has 0 atom stereocenters. The van der Waals surface area contributed by atoms with E-state index >= 15 is 0 Å². The summed E-state index contributed by atoms with van der Waals surface area (Å²) in [6.45, 7) is 0. The summed E-state index contributed by atoms with van der Waals surface area (Å²) >= 11 is 0. The van der Waals surface area contributed by atoms with Crippen molar-refractivity contribution in [3.05, 3.63) is 48.9 Å². The lowest BCUT2D eigenvalue weighted by Crippen LogP contribution is -1.89. The molecule has 3 heterocycles. The number of nitrogens with zero attached hydrogens (tertiary/aromatic N) is 3. The lowest BCUT2D eigenvalue weighted by Gasteiger charge is -1.96. The molecule has 18 heavy (non-hydrogen) atoms. The molecule has 3 aromatic rings. The van der Waals surface area contributed by atoms with Crippen LogP contribution < -0.4 is 5.73 Å². The van der Waals surface area contributed by atoms with Crippen LogP contribution in [0.3, 0.4) is 0 Å². The smallest absolute Gasteiger partial charge is 0.123 e. The molecular weight excluding hydrogens is 226 g/mol. The van der Waals surface area contributed by atoms with E-state index in [4.69, 9.17) is 5.73 Å². The van der Waals surface area contributed by atoms with E-state index in [1.54, 1.807) is 24.7 Å². The summed E-state index contributed by atoms with van der Waals surface area (Å²) in [5.41, 5.74) is 9.44. The number of hydrogen-bond donors (Lipinski definition) is 2. The average Bonchev–Trinajstić information content (AvgIpc) is 2.89. The third-order valence-electron chi connectivity index (χ3n) is 2.65. The highest BCUT2D eigenvalue weighted by Crippen LogP contribution is 2.23. The molecule has 0 radical (unpaired) electrons. The largest absolute Gasteiger partial charge is 0.384 e. The van der Waals surface area contributed by atoms with E-state index in [-0.39, 0.29) is 0 Å². The fourth-order valence-electron chi connectivity index (χ4n) is 1.76. The minimum atomic E-state index is 0.487. The van der Waals surface area contributed by atoms with Crippen LogP contribution in [0.2, 0.25) is 0 Å². The number of anilines is 1. The molecule has 0 aliphatic heterocycles. The van der Waals surface area contributed by atoms with Crippen molar-refractivity contribution in [2.45, 2.75) is 0 Å². The number of rotatable bonds is 2. The van der Waals surface area contributed by atoms with Gasteiger partial charge < -0.3 is 5.73 Å². The van der Waals surface area contributed by atoms with Crippen LogP contribution in [-0.2, 0) is 0 Å². The fourth-order valence-corrected chi connectivity index (χ4v) is 1.76. The fraction of sp³-hybridized carbons (Fsp3) is 0. The summed E-state index contributed by atoms with van der Waals surface area (Å²) in [5, 5.41) is 7.28. The Bertz CT molecular complexity index is 660. The van der Waals surface area contributed by atoms with Crippen LogP contribution >= 0.6 is 0 Å². The van der Waals surface area contributed by atoms with Gasteiger partial charge in [-0.2, -0.15) is 5.10 Å². The van der Waals surface area contributed by atoms with Crippen molar-refractivity contribution in [2.75, 3.05) is 5.73 Å². The first-order valence-electron chi connectivity index (χ1n) is 5.50. The maximum atomic E-state index is 5.66. The van der Waals surface area contributed by atoms with Gasteiger partial charge in [-0.05, 0) is 30.3 Å². The minimum Gasteiger partial charge on any atom is -0.384 e. The van der Waals surface area contributed by atoms with Crippen molar-refractivity contribution >= 4 is 5.82 Å². The summed E-state index contributed by atoms with van der Waals surface area (Å²) in [6, 6.07) is 9.51. The van der Waals surface area contributed by atoms with Gasteiger partial charge in [-0.15, -0.1) is 0 Å². The Morgan fingerprint density at radius 3 is 2.50 bits per heavy atom. The van der Waals surface area contributed by atoms with Gasteiger partial charge in [0.05, 0.1) is 11.4 Å². The van der Waals surface area contributed by atoms with Gasteiger partial charge in [0.2, 0.25) is 0 Å². The van der Waals surface area contributed by atoms with Gasteiger partial charge in [0.1, 0.15) is 5.82 Å². The van der Waals surface area contributed by atoms with E-state index in [1.807, 2.05) is 24.3 Å². The number of nitrogens with one attached hydrogen (secondary N) is 1. The van der Waals surface area contributed by atoms with Crippen LogP contribution in [0.1, 0.15) is 0 Å². The van der Waals surface area contributed by atoms with Crippen LogP contribution in [0.25, 0.3) is 22.5 Å². The Balaban J connectivity index is 2.00. The molecular formula is C13H11N5. The molecule has 0 spiro atoms. The lowest BCUT2D eigenvalue weighted by molar-refractivity contribution is 1.10. The third-order valence-corrected chi connectivity index (χ3v) is 2.65. The first-order valence-corrected chi connectivity index (χ1v) is 5.50. The molecule has 3 N–H and O–H groups in total. The molecule has 3 rings (SSSR count). The van der Waals surface area contributed by atoms with Crippen LogP contribution in [0.5, 0.6) is 0 Å². The standard InChI is InChI=1S/C13H11N5/c14-13-7-10(3-6-16-13)12-8-11(17-18-12)9-1-4-15-5-2-9/h1-8H,(H2,14,16)(H,17,18). The highest BCUT2D eigenvalue weighted by Gasteiger charge is 2.05. The second-order valence-electron chi connectivity index (χ2n) is 3.87. The lowest BCUT2D eigenvalue weighted by atomic mass is 10.1. The molecule has 88 valence electrons. The highest BCUT2D eigenvalue weighted by atomic mass is 15.1. The number of hydrogen-bond acceptors (Lipinski definition) is 4. The summed E-state index contributed by atoms with van der Waals surface area (Å²) < 4.78 is 0. The van der Waals surface area contributed by atoms with E-state index in [2.05, 4.69) is 20.2 Å². The van der Waals surface area contributed by atoms with E-state index in [0.29, 0.717) is 5.82 Å². The molecule has 0 aromatic carbocycles. The monoisotopic (exact) mass is 237 g/mol. The SMILES string of the molecule is Nc1cc(-c2cc(-c3ccncc3)[nH]n2)ccn1. The molecule has 0 saturated heterocycles. The van der Waals surface area contributed by atoms with E-state index in [9.17, 15) is 0 Å². The maximum absolute atomic E-state index is 5.66. The van der Waals surface area contributed by atoms with E-state index in [0.717, 1.165) is 22.5 Å². The van der Waals surface area contributed by atoms with E-state index < -0.39 is 0 Å². The molecule has 5 nitrogen and oxygen atoms in total. The van der Waals surface area contributed by atoms with Gasteiger partial charge in [-0.25, -0.2) is 4.98 Å². The second kappa shape index (κ2) is 4.29. The first kappa shape index (κ1) is 10.5. The van der Waals surface area contributed by atoms with Gasteiger partial charge in [0, 0.05) is 29.7 Å². The Hall–Kier alpha value is -2.69. The molecule has 5 heteroatoms. The van der Waals surface area contributed by atoms with Crippen molar-refractivity contribution in [2.24, 2.45) is 0 Å². The summed E-state index contributed by atoms with van der Waals surface area (Å²) in [4.78, 5) is 7.95. The first-order chi connectivity index (χ1) is 8.83. The second-order valence-corrected chi connectivity index (χ2v) is 3.87. The number of nitrogen functional groups attached to an aromatic ring is 1. The topological polar surface area (TPSA) is 80.5 Å². The summed E-state index contributed by atoms with van der Waals surface area (Å²) in [6.07, 6.45) is 5.17. The number of nitrogens with two attached hydrogens (primary N) is 1. The van der Waals surface area contributed by atoms with Crippen molar-refractivity contribution in [1.82, 2.24) is 20.2 Å². The predicted octanol–water partition coefficient (Wildman–Crippen LogP) is 2.12. The van der Waals surface area contributed by atoms with Gasteiger partial charge >= 0.3 is 0 Å². The molecule has 0 amide bonds. The summed E-state index contributed by atoms with van der Waals surface area (Å²) in [7, 11) is 0. The molecule has 0 unspecified atom stereocenters. The average molecular weight is 237 g/mol. The zero-order valence-electron chi connectivity index (χ0n) is 9.54. The van der Waals surface area contributed by atoms with Gasteiger partial charge in [0.15, 0.2) is 0 Å². The number of aromatic nitrogens is 4. The Labute approximate surface area is 104 Å². The van der Waals surface area contributed by atoms with Gasteiger partial charge in [-0.3, -0.25) is 10.1 Å². The Morgan fingerprint density at radius 2 is 1.72 bits per heavy atom. The highest BCUT2D eigenvalue weighted by molar-refractivity contribution is 5.68. The van der Waals surface area contributed by atoms with Crippen molar-refractivity contribution in [3.8, 4) is 22.5 Å². The van der Waals surface area contributed by atoms with Crippen molar-refractivity contribution < 1.29 is 0 Å². The minimum absolute atomic E-state index is 0.487. The molecule has 3 aromatic heterocycles. The van der Waals surface area contributed by atoms with Gasteiger partial charge in [-0.1, -0.05) is 0 Å². The predicted molar refractivity (Wildman–Crippen MR) is 69.5 cm³/mol. The number of pyridine rings is 2. The quantitative estimate of drug-likeness (QED) is 0.715. The van der Waals surface area contributed by atoms with E-state index in [1.165, 1.54) is 0 Å². The third kappa shape index (κ3) is 1.93. The van der Waals surface area contributed by atoms with Crippen LogP contribution in [0, 0.1) is 0 Å². The Morgan fingerprint density at radius 1 is 0.944 bits per heavy atom. The van der Waals surface area contributed by atoms with Crippen molar-refractivity contribution in [1.29, 1.82) is 0 Å². The molecule has 0 saturated carbocycles. The number of H-pyrrole nitrogens is 1. The zero-order chi connectivity index (χ0) is 12.4. The molecule has 0 fully saturated rings. The van der Waals surface area contributed by atoms with Crippen LogP contribution in [0.15, 0.2) is 48.9 Å². The summed E-state index contributed by atoms with van der Waals surface area (Å²) in [5.74, 6) is 0.487. The van der Waals surface area contributed by atoms with Crippen LogP contribution in [0.4, 0.5) is 5.82 Å². The molecule has 0 aliphatic carbocycles. The number of aromatic amines is 1.